The molecule has 0 aliphatic carbocycles. The molecule has 8 heteroatoms. The van der Waals surface area contributed by atoms with Crippen molar-refractivity contribution in [3.63, 3.8) is 0 Å². The largest absolute Gasteiger partial charge is 0.468 e. The summed E-state index contributed by atoms with van der Waals surface area (Å²) in [5.74, 6) is 0.213. The topological polar surface area (TPSA) is 79.6 Å². The Hall–Kier alpha value is -2.61. The predicted molar refractivity (Wildman–Crippen MR) is 106 cm³/mol. The van der Waals surface area contributed by atoms with Gasteiger partial charge < -0.3 is 9.32 Å². The van der Waals surface area contributed by atoms with Crippen molar-refractivity contribution < 1.29 is 17.6 Å². The number of hydrogen-bond donors (Lipinski definition) is 1. The summed E-state index contributed by atoms with van der Waals surface area (Å²) in [7, 11) is -3.92. The van der Waals surface area contributed by atoms with Crippen molar-refractivity contribution in [2.45, 2.75) is 17.9 Å². The monoisotopic (exact) mass is 416 g/mol. The highest BCUT2D eigenvalue weighted by molar-refractivity contribution is 7.89. The number of sulfonamides is 1. The lowest BCUT2D eigenvalue weighted by Gasteiger charge is -2.18. The quantitative estimate of drug-likeness (QED) is 0.689. The molecule has 1 aliphatic heterocycles. The van der Waals surface area contributed by atoms with Crippen molar-refractivity contribution in [2.75, 3.05) is 11.4 Å². The minimum Gasteiger partial charge on any atom is -0.468 e. The summed E-state index contributed by atoms with van der Waals surface area (Å²) in [5, 5.41) is 0.0466. The number of benzene rings is 2. The molecular weight excluding hydrogens is 400 g/mol. The van der Waals surface area contributed by atoms with Gasteiger partial charge in [-0.3, -0.25) is 4.79 Å². The first-order chi connectivity index (χ1) is 13.5. The van der Waals surface area contributed by atoms with Gasteiger partial charge >= 0.3 is 0 Å². The molecule has 0 radical (unpaired) electrons. The first kappa shape index (κ1) is 18.7. The fraction of sp³-hybridized carbons (Fsp3) is 0.150. The summed E-state index contributed by atoms with van der Waals surface area (Å²) in [4.78, 5) is 14.5. The van der Waals surface area contributed by atoms with Crippen molar-refractivity contribution in [3.05, 3.63) is 82.8 Å². The lowest BCUT2D eigenvalue weighted by Crippen LogP contribution is -2.29. The van der Waals surface area contributed by atoms with Gasteiger partial charge in [0, 0.05) is 17.8 Å². The summed E-state index contributed by atoms with van der Waals surface area (Å²) in [5.41, 5.74) is 2.21. The van der Waals surface area contributed by atoms with E-state index in [0.29, 0.717) is 12.3 Å². The second-order valence-electron chi connectivity index (χ2n) is 6.38. The molecule has 0 bridgehead atoms. The van der Waals surface area contributed by atoms with E-state index in [0.717, 1.165) is 17.7 Å². The van der Waals surface area contributed by atoms with Gasteiger partial charge in [0.15, 0.2) is 0 Å². The SMILES string of the molecule is O=C(c1ccc(Cl)c(S(=O)(=O)NCc2ccco2)c1)N1CCc2ccccc21. The molecule has 2 aromatic carbocycles. The molecule has 1 N–H and O–H groups in total. The number of nitrogens with zero attached hydrogens (tertiary/aromatic N) is 1. The Balaban J connectivity index is 1.61. The number of carbonyl (C=O) groups excluding carboxylic acids is 1. The number of para-hydroxylation sites is 1. The molecule has 4 rings (SSSR count). The molecule has 0 saturated heterocycles. The second kappa shape index (κ2) is 7.43. The van der Waals surface area contributed by atoms with Crippen LogP contribution in [0.3, 0.4) is 0 Å². The van der Waals surface area contributed by atoms with Gasteiger partial charge in [0.2, 0.25) is 10.0 Å². The van der Waals surface area contributed by atoms with Gasteiger partial charge in [0.25, 0.3) is 5.91 Å². The summed E-state index contributed by atoms with van der Waals surface area (Å²) in [6.07, 6.45) is 2.23. The molecule has 0 saturated carbocycles. The lowest BCUT2D eigenvalue weighted by molar-refractivity contribution is 0.0989. The van der Waals surface area contributed by atoms with Gasteiger partial charge in [-0.05, 0) is 48.4 Å². The summed E-state index contributed by atoms with van der Waals surface area (Å²) in [6.45, 7) is 0.545. The standard InChI is InChI=1S/C20H17ClN2O4S/c21-17-8-7-15(20(24)23-10-9-14-4-1-2-6-18(14)23)12-19(17)28(25,26)22-13-16-5-3-11-27-16/h1-8,11-12,22H,9-10,13H2. The average molecular weight is 417 g/mol. The number of anilines is 1. The number of hydrogen-bond acceptors (Lipinski definition) is 4. The number of carbonyl (C=O) groups is 1. The smallest absolute Gasteiger partial charge is 0.258 e. The molecule has 3 aromatic rings. The number of amides is 1. The van der Waals surface area contributed by atoms with Crippen LogP contribution < -0.4 is 9.62 Å². The Bertz CT molecular complexity index is 1130. The molecule has 0 unspecified atom stereocenters. The van der Waals surface area contributed by atoms with Crippen molar-refractivity contribution in [1.29, 1.82) is 0 Å². The van der Waals surface area contributed by atoms with E-state index in [1.807, 2.05) is 24.3 Å². The van der Waals surface area contributed by atoms with Gasteiger partial charge in [-0.1, -0.05) is 29.8 Å². The molecule has 0 fully saturated rings. The summed E-state index contributed by atoms with van der Waals surface area (Å²) < 4.78 is 32.9. The van der Waals surface area contributed by atoms with Gasteiger partial charge in [-0.25, -0.2) is 13.1 Å². The van der Waals surface area contributed by atoms with Gasteiger partial charge in [0.05, 0.1) is 17.8 Å². The molecule has 28 heavy (non-hydrogen) atoms. The number of nitrogens with one attached hydrogen (secondary N) is 1. The maximum Gasteiger partial charge on any atom is 0.258 e. The molecule has 2 heterocycles. The predicted octanol–water partition coefficient (Wildman–Crippen LogP) is 3.61. The highest BCUT2D eigenvalue weighted by Gasteiger charge is 2.27. The summed E-state index contributed by atoms with van der Waals surface area (Å²) in [6, 6.07) is 15.3. The Kier molecular flexibility index (Phi) is 4.97. The third-order valence-corrected chi connectivity index (χ3v) is 6.50. The van der Waals surface area contributed by atoms with Crippen molar-refractivity contribution in [2.24, 2.45) is 0 Å². The van der Waals surface area contributed by atoms with Crippen LogP contribution in [0.1, 0.15) is 21.7 Å². The molecule has 1 aliphatic rings. The first-order valence-electron chi connectivity index (χ1n) is 8.67. The Morgan fingerprint density at radius 3 is 2.75 bits per heavy atom. The van der Waals surface area contributed by atoms with Crippen LogP contribution in [0.4, 0.5) is 5.69 Å². The van der Waals surface area contributed by atoms with E-state index in [-0.39, 0.29) is 27.9 Å². The molecule has 6 nitrogen and oxygen atoms in total. The highest BCUT2D eigenvalue weighted by Crippen LogP contribution is 2.30. The van der Waals surface area contributed by atoms with Crippen LogP contribution in [0.5, 0.6) is 0 Å². The zero-order valence-electron chi connectivity index (χ0n) is 14.8. The Labute approximate surface area is 167 Å². The third kappa shape index (κ3) is 3.56. The van der Waals surface area contributed by atoms with Crippen LogP contribution in [0.25, 0.3) is 0 Å². The van der Waals surface area contributed by atoms with Crippen LogP contribution in [0.2, 0.25) is 5.02 Å². The highest BCUT2D eigenvalue weighted by atomic mass is 35.5. The normalized spacial score (nSPS) is 13.5. The van der Waals surface area contributed by atoms with Crippen LogP contribution >= 0.6 is 11.6 Å². The molecule has 0 spiro atoms. The molecule has 0 atom stereocenters. The minimum absolute atomic E-state index is 0.0106. The van der Waals surface area contributed by atoms with E-state index < -0.39 is 10.0 Å². The third-order valence-electron chi connectivity index (χ3n) is 4.62. The van der Waals surface area contributed by atoms with Crippen molar-refractivity contribution >= 4 is 33.2 Å². The van der Waals surface area contributed by atoms with E-state index in [2.05, 4.69) is 4.72 Å². The van der Waals surface area contributed by atoms with Gasteiger partial charge in [-0.15, -0.1) is 0 Å². The summed E-state index contributed by atoms with van der Waals surface area (Å²) >= 11 is 6.12. The molecule has 1 aromatic heterocycles. The van der Waals surface area contributed by atoms with Gasteiger partial charge in [-0.2, -0.15) is 0 Å². The lowest BCUT2D eigenvalue weighted by atomic mass is 10.1. The Morgan fingerprint density at radius 2 is 1.96 bits per heavy atom. The van der Waals surface area contributed by atoms with Crippen molar-refractivity contribution in [1.82, 2.24) is 4.72 Å². The van der Waals surface area contributed by atoms with E-state index in [9.17, 15) is 13.2 Å². The number of halogens is 1. The maximum absolute atomic E-state index is 13.0. The average Bonchev–Trinajstić information content (AvgIpc) is 3.36. The van der Waals surface area contributed by atoms with E-state index in [4.69, 9.17) is 16.0 Å². The van der Waals surface area contributed by atoms with Gasteiger partial charge in [0.1, 0.15) is 10.7 Å². The minimum atomic E-state index is -3.92. The number of fused-ring (bicyclic) bond motifs is 1. The second-order valence-corrected chi connectivity index (χ2v) is 8.53. The van der Waals surface area contributed by atoms with E-state index in [1.54, 1.807) is 17.0 Å². The van der Waals surface area contributed by atoms with Crippen LogP contribution in [0, 0.1) is 0 Å². The number of furan rings is 1. The molecule has 1 amide bonds. The zero-order valence-corrected chi connectivity index (χ0v) is 16.3. The van der Waals surface area contributed by atoms with E-state index in [1.165, 1.54) is 24.5 Å². The van der Waals surface area contributed by atoms with E-state index >= 15 is 0 Å². The first-order valence-corrected chi connectivity index (χ1v) is 10.5. The van der Waals surface area contributed by atoms with Crippen molar-refractivity contribution in [3.8, 4) is 0 Å². The van der Waals surface area contributed by atoms with Crippen LogP contribution in [-0.2, 0) is 23.0 Å². The maximum atomic E-state index is 13.0. The van der Waals surface area contributed by atoms with Crippen LogP contribution in [0.15, 0.2) is 70.2 Å². The molecule has 144 valence electrons. The fourth-order valence-electron chi connectivity index (χ4n) is 3.20. The number of rotatable bonds is 5. The zero-order chi connectivity index (χ0) is 19.7. The fourth-order valence-corrected chi connectivity index (χ4v) is 4.72. The van der Waals surface area contributed by atoms with Crippen LogP contribution in [-0.4, -0.2) is 20.9 Å². The molecular formula is C20H17ClN2O4S. The Morgan fingerprint density at radius 1 is 1.14 bits per heavy atom.